The average molecular weight is 519 g/mol. The van der Waals surface area contributed by atoms with E-state index in [1.54, 1.807) is 30.1 Å². The summed E-state index contributed by atoms with van der Waals surface area (Å²) in [5.74, 6) is -3.54. The second-order valence-corrected chi connectivity index (χ2v) is 10.3. The van der Waals surface area contributed by atoms with Crippen molar-refractivity contribution in [1.82, 2.24) is 19.2 Å². The van der Waals surface area contributed by atoms with Crippen LogP contribution in [-0.4, -0.2) is 45.3 Å². The van der Waals surface area contributed by atoms with Crippen LogP contribution in [0.15, 0.2) is 36.7 Å². The number of halogens is 5. The third kappa shape index (κ3) is 3.36. The maximum absolute atomic E-state index is 14.9. The molecule has 0 saturated carbocycles. The minimum atomic E-state index is -4.80. The first kappa shape index (κ1) is 24.0. The van der Waals surface area contributed by atoms with Crippen LogP contribution in [0.3, 0.4) is 0 Å². The van der Waals surface area contributed by atoms with Gasteiger partial charge in [0.25, 0.3) is 5.92 Å². The van der Waals surface area contributed by atoms with Gasteiger partial charge in [0, 0.05) is 43.4 Å². The first-order chi connectivity index (χ1) is 17.4. The number of aromatic nitrogens is 3. The van der Waals surface area contributed by atoms with E-state index >= 15 is 0 Å². The number of pyridine rings is 1. The fraction of sp³-hybridized carbons (Fsp3) is 0.423. The van der Waals surface area contributed by atoms with Crippen molar-refractivity contribution < 1.29 is 26.7 Å². The average Bonchev–Trinajstić information content (AvgIpc) is 3.23. The molecule has 1 amide bonds. The zero-order valence-corrected chi connectivity index (χ0v) is 20.5. The lowest BCUT2D eigenvalue weighted by atomic mass is 9.94. The van der Waals surface area contributed by atoms with E-state index in [-0.39, 0.29) is 45.5 Å². The summed E-state index contributed by atoms with van der Waals surface area (Å²) in [5, 5.41) is 4.02. The number of hydrogen-bond donors (Lipinski definition) is 0. The summed E-state index contributed by atoms with van der Waals surface area (Å²) in [7, 11) is 1.59. The van der Waals surface area contributed by atoms with Crippen molar-refractivity contribution in [3.8, 4) is 11.1 Å². The number of hydrogen-bond acceptors (Lipinski definition) is 4. The van der Waals surface area contributed by atoms with Crippen molar-refractivity contribution in [3.63, 3.8) is 0 Å². The lowest BCUT2D eigenvalue weighted by Gasteiger charge is -2.33. The molecule has 5 heterocycles. The molecule has 3 aliphatic rings. The molecule has 6 nitrogen and oxygen atoms in total. The Hall–Kier alpha value is -3.34. The number of alkyl halides is 5. The van der Waals surface area contributed by atoms with Gasteiger partial charge >= 0.3 is 12.1 Å². The van der Waals surface area contributed by atoms with E-state index < -0.39 is 48.7 Å². The number of anilines is 1. The molecule has 0 N–H and O–H groups in total. The Morgan fingerprint density at radius 2 is 1.92 bits per heavy atom. The molecule has 2 fully saturated rings. The molecule has 11 heteroatoms. The second-order valence-electron chi connectivity index (χ2n) is 10.3. The molecule has 0 aliphatic carbocycles. The third-order valence-corrected chi connectivity index (χ3v) is 7.90. The van der Waals surface area contributed by atoms with E-state index in [4.69, 9.17) is 0 Å². The van der Waals surface area contributed by atoms with Gasteiger partial charge in [0.2, 0.25) is 6.17 Å². The number of quaternary nitrogens is 1. The maximum Gasteiger partial charge on any atom is 0.434 e. The smallest absolute Gasteiger partial charge is 0.300 e. The summed E-state index contributed by atoms with van der Waals surface area (Å²) in [4.78, 5) is 20.1. The number of rotatable bonds is 2. The van der Waals surface area contributed by atoms with Crippen molar-refractivity contribution in [2.45, 2.75) is 57.4 Å². The van der Waals surface area contributed by atoms with Gasteiger partial charge in [-0.1, -0.05) is 12.1 Å². The van der Waals surface area contributed by atoms with Gasteiger partial charge < -0.3 is 4.90 Å². The predicted octanol–water partition coefficient (Wildman–Crippen LogP) is 5.61. The Kier molecular flexibility index (Phi) is 4.93. The topological polar surface area (TPSA) is 51.0 Å². The Morgan fingerprint density at radius 1 is 1.16 bits per heavy atom. The molecule has 0 spiro atoms. The molecule has 3 atom stereocenters. The lowest BCUT2D eigenvalue weighted by Crippen LogP contribution is -2.50. The van der Waals surface area contributed by atoms with Crippen LogP contribution in [-0.2, 0) is 13.2 Å². The Bertz CT molecular complexity index is 1450. The zero-order valence-electron chi connectivity index (χ0n) is 20.5. The highest BCUT2D eigenvalue weighted by Gasteiger charge is 2.79. The monoisotopic (exact) mass is 518 g/mol. The molecule has 0 radical (unpaired) electrons. The summed E-state index contributed by atoms with van der Waals surface area (Å²) < 4.78 is 73.8. The highest BCUT2D eigenvalue weighted by molar-refractivity contribution is 6.13. The number of amides is 1. The molecule has 3 unspecified atom stereocenters. The van der Waals surface area contributed by atoms with Crippen molar-refractivity contribution in [3.05, 3.63) is 59.0 Å². The normalized spacial score (nSPS) is 26.3. The van der Waals surface area contributed by atoms with E-state index in [1.165, 1.54) is 24.0 Å². The SMILES string of the molecule is Cc1cccc([N+]23C(=O)c4c(nc(C(F)(F)F)c(-c5cnn(C)c5)c4C)N4CCCC(F)(F)CC2C43)c1. The molecule has 3 aliphatic heterocycles. The first-order valence-electron chi connectivity index (χ1n) is 12.1. The molecule has 37 heavy (non-hydrogen) atoms. The molecule has 2 saturated heterocycles. The van der Waals surface area contributed by atoms with Gasteiger partial charge in [-0.05, 0) is 37.5 Å². The fourth-order valence-electron chi connectivity index (χ4n) is 6.38. The van der Waals surface area contributed by atoms with Crippen LogP contribution in [0.5, 0.6) is 0 Å². The van der Waals surface area contributed by atoms with E-state index in [0.717, 1.165) is 5.56 Å². The largest absolute Gasteiger partial charge is 0.434 e. The minimum Gasteiger partial charge on any atom is -0.300 e. The van der Waals surface area contributed by atoms with Crippen LogP contribution < -0.4 is 9.38 Å². The molecule has 6 rings (SSSR count). The zero-order chi connectivity index (χ0) is 26.5. The number of carbonyl (C=O) groups excluding carboxylic acids is 1. The molecule has 3 aromatic rings. The van der Waals surface area contributed by atoms with Gasteiger partial charge in [0.15, 0.2) is 17.6 Å². The van der Waals surface area contributed by atoms with Crippen LogP contribution in [0.25, 0.3) is 11.1 Å². The highest BCUT2D eigenvalue weighted by Crippen LogP contribution is 2.59. The molecular formula is C26H25F5N5O+. The van der Waals surface area contributed by atoms with Gasteiger partial charge in [-0.15, -0.1) is 0 Å². The van der Waals surface area contributed by atoms with E-state index in [1.807, 2.05) is 13.0 Å². The number of fused-ring (bicyclic) bond motifs is 3. The van der Waals surface area contributed by atoms with Crippen LogP contribution >= 0.6 is 0 Å². The Balaban J connectivity index is 1.65. The summed E-state index contributed by atoms with van der Waals surface area (Å²) >= 11 is 0. The van der Waals surface area contributed by atoms with Crippen molar-refractivity contribution in [2.24, 2.45) is 7.05 Å². The molecule has 2 aromatic heterocycles. The van der Waals surface area contributed by atoms with Gasteiger partial charge in [0.05, 0.1) is 12.6 Å². The van der Waals surface area contributed by atoms with Crippen molar-refractivity contribution in [2.75, 3.05) is 11.4 Å². The standard InChI is InChI=1S/C26H25F5N5O/c1-14-6-4-7-17(10-14)36-18-11-25(27,28)8-5-9-35(23(18)36)22-20(24(36)37)15(2)19(16-12-32-34(3)13-16)21(33-22)26(29,30)31/h4,6-7,10,12-13,18,23H,5,8-9,11H2,1-3H3/q+1. The highest BCUT2D eigenvalue weighted by atomic mass is 19.4. The second kappa shape index (κ2) is 7.59. The Morgan fingerprint density at radius 3 is 2.57 bits per heavy atom. The predicted molar refractivity (Wildman–Crippen MR) is 127 cm³/mol. The minimum absolute atomic E-state index is 0.0531. The quantitative estimate of drug-likeness (QED) is 0.251. The lowest BCUT2D eigenvalue weighted by molar-refractivity contribution is -0.140. The fourth-order valence-corrected chi connectivity index (χ4v) is 6.38. The molecular weight excluding hydrogens is 493 g/mol. The van der Waals surface area contributed by atoms with Crippen molar-refractivity contribution >= 4 is 17.4 Å². The molecule has 1 aromatic carbocycles. The number of benzene rings is 1. The number of aryl methyl sites for hydroxylation is 2. The van der Waals surface area contributed by atoms with Crippen LogP contribution in [0.1, 0.15) is 46.4 Å². The summed E-state index contributed by atoms with van der Waals surface area (Å²) in [6.45, 7) is 3.41. The van der Waals surface area contributed by atoms with Crippen LogP contribution in [0.4, 0.5) is 33.5 Å². The van der Waals surface area contributed by atoms with Crippen LogP contribution in [0.2, 0.25) is 0 Å². The van der Waals surface area contributed by atoms with Gasteiger partial charge in [0.1, 0.15) is 11.3 Å². The summed E-state index contributed by atoms with van der Waals surface area (Å²) in [6.07, 6.45) is -3.63. The maximum atomic E-state index is 14.9. The van der Waals surface area contributed by atoms with E-state index in [9.17, 15) is 26.7 Å². The summed E-state index contributed by atoms with van der Waals surface area (Å²) in [6, 6.07) is 6.37. The van der Waals surface area contributed by atoms with E-state index in [0.29, 0.717) is 5.69 Å². The molecule has 194 valence electrons. The first-order valence-corrected chi connectivity index (χ1v) is 12.1. The van der Waals surface area contributed by atoms with E-state index in [2.05, 4.69) is 10.1 Å². The molecule has 0 bridgehead atoms. The third-order valence-electron chi connectivity index (χ3n) is 7.90. The van der Waals surface area contributed by atoms with Crippen LogP contribution in [0, 0.1) is 13.8 Å². The van der Waals surface area contributed by atoms with Crippen molar-refractivity contribution in [1.29, 1.82) is 0 Å². The number of carbonyl (C=O) groups is 1. The Labute approximate surface area is 209 Å². The van der Waals surface area contributed by atoms with Gasteiger partial charge in [-0.2, -0.15) is 22.8 Å². The number of nitrogens with zero attached hydrogens (tertiary/aromatic N) is 5. The van der Waals surface area contributed by atoms with Gasteiger partial charge in [-0.3, -0.25) is 4.68 Å². The van der Waals surface area contributed by atoms with Gasteiger partial charge in [-0.25, -0.2) is 18.6 Å². The summed E-state index contributed by atoms with van der Waals surface area (Å²) in [5.41, 5.74) is 0.467.